The fourth-order valence-electron chi connectivity index (χ4n) is 8.18. The van der Waals surface area contributed by atoms with E-state index in [-0.39, 0.29) is 314 Å². The average Bonchev–Trinajstić information content (AvgIpc) is 0.744. The summed E-state index contributed by atoms with van der Waals surface area (Å²) < 4.78 is 265. The van der Waals surface area contributed by atoms with Crippen LogP contribution in [0.15, 0.2) is 173 Å². The molecule has 7 aromatic rings. The number of rotatable bonds is 40. The number of nitrogens with two attached hydrogens (primary N) is 3. The van der Waals surface area contributed by atoms with Crippen molar-refractivity contribution in [2.75, 3.05) is 79.2 Å². The number of fused-ring (bicyclic) bond motifs is 1. The van der Waals surface area contributed by atoms with E-state index in [9.17, 15) is 107 Å². The van der Waals surface area contributed by atoms with Crippen molar-refractivity contribution in [2.24, 2.45) is 40.9 Å². The maximum atomic E-state index is 12.9. The first-order valence-corrected chi connectivity index (χ1v) is 42.5. The maximum absolute atomic E-state index is 12.9. The molecule has 0 aliphatic rings. The Hall–Kier alpha value is -1.23. The Morgan fingerprint density at radius 1 is 0.440 bits per heavy atom. The van der Waals surface area contributed by atoms with Crippen molar-refractivity contribution in [3.8, 4) is 23.0 Å². The van der Waals surface area contributed by atoms with Gasteiger partial charge in [0.1, 0.15) is 61.4 Å². The Morgan fingerprint density at radius 2 is 0.853 bits per heavy atom. The van der Waals surface area contributed by atoms with Crippen molar-refractivity contribution in [3.63, 3.8) is 0 Å². The number of hydrogen-bond acceptors (Lipinski definition) is 50. The summed E-state index contributed by atoms with van der Waals surface area (Å²) in [5.74, 6) is -5.71. The van der Waals surface area contributed by atoms with Crippen LogP contribution in [0, 0.1) is 0 Å². The molecule has 0 amide bonds. The van der Waals surface area contributed by atoms with Crippen molar-refractivity contribution in [3.05, 3.63) is 103 Å². The van der Waals surface area contributed by atoms with E-state index in [2.05, 4.69) is 86.8 Å². The van der Waals surface area contributed by atoms with Gasteiger partial charge in [0.05, 0.1) is 132 Å². The smallest absolute Gasteiger partial charge is 0.744 e. The number of methoxy groups -OCH3 is 2. The molecule has 0 aliphatic carbocycles. The van der Waals surface area contributed by atoms with Crippen LogP contribution in [0.3, 0.4) is 0 Å². The van der Waals surface area contributed by atoms with Gasteiger partial charge in [0, 0.05) is 6.07 Å². The summed E-state index contributed by atoms with van der Waals surface area (Å²) in [6, 6.07) is 18.4. The molecule has 0 heterocycles. The normalized spacial score (nSPS) is 12.5. The number of phenols is 1. The number of aromatic hydroxyl groups is 1. The van der Waals surface area contributed by atoms with Crippen LogP contribution in [-0.4, -0.2) is 148 Å². The zero-order chi connectivity index (χ0) is 80.9. The van der Waals surface area contributed by atoms with Gasteiger partial charge in [-0.1, -0.05) is 0 Å². The summed E-state index contributed by atoms with van der Waals surface area (Å²) in [5.41, 5.74) is 15.5. The van der Waals surface area contributed by atoms with Crippen molar-refractivity contribution in [1.82, 2.24) is 0 Å². The zero-order valence-corrected chi connectivity index (χ0v) is 83.9. The monoisotopic (exact) mass is 1900 g/mol. The number of nitrogen functional groups attached to an aromatic ring is 3. The minimum absolute atomic E-state index is 0. The Morgan fingerprint density at radius 3 is 1.30 bits per heavy atom. The second-order valence-electron chi connectivity index (χ2n) is 19.9. The predicted octanol–water partition coefficient (Wildman–Crippen LogP) is -19.2. The molecule has 596 valence electrons. The number of benzene rings is 7. The second kappa shape index (κ2) is 53.9. The maximum Gasteiger partial charge on any atom is 1.00 e. The molecule has 0 bridgehead atoms. The van der Waals surface area contributed by atoms with E-state index < -0.39 is 183 Å². The van der Waals surface area contributed by atoms with Crippen LogP contribution < -0.4 is 259 Å². The summed E-state index contributed by atoms with van der Waals surface area (Å²) >= 11 is -4.61. The summed E-state index contributed by atoms with van der Waals surface area (Å²) in [7, 11) is -29.9. The molecule has 0 saturated carbocycles. The molecule has 0 saturated heterocycles. The molecule has 0 spiro atoms. The topological polar surface area (TPSA) is 752 Å². The number of nitrogens with zero attached hydrogens (tertiary/aromatic N) is 8. The van der Waals surface area contributed by atoms with Gasteiger partial charge in [0.15, 0.2) is 73.0 Å². The van der Waals surface area contributed by atoms with Gasteiger partial charge in [-0.05, 0) is 102 Å². The second-order valence-corrected chi connectivity index (χ2v) is 35.2. The van der Waals surface area contributed by atoms with E-state index in [0.29, 0.717) is 0 Å². The van der Waals surface area contributed by atoms with E-state index in [0.717, 1.165) is 72.8 Å². The third-order valence-corrected chi connectivity index (χ3v) is 24.6. The Kier molecular flexibility index (Phi) is 54.3. The molecule has 48 nitrogen and oxygen atoms in total. The molecule has 0 radical (unpaired) electrons. The van der Waals surface area contributed by atoms with Crippen LogP contribution in [0.2, 0.25) is 0 Å². The number of ether oxygens (including phenoxy) is 2. The summed E-state index contributed by atoms with van der Waals surface area (Å²) in [4.78, 5) is -2.82. The molecule has 2 unspecified atom stereocenters. The third-order valence-electron chi connectivity index (χ3n) is 13.1. The van der Waals surface area contributed by atoms with E-state index in [1.165, 1.54) is 44.6 Å². The molecule has 0 fully saturated rings. The first-order chi connectivity index (χ1) is 51.1. The van der Waals surface area contributed by atoms with Gasteiger partial charge in [0.25, 0.3) is 12.3 Å². The van der Waals surface area contributed by atoms with Crippen molar-refractivity contribution >= 4 is 190 Å². The molecular weight excluding hydrogens is 1860 g/mol. The molecule has 2 atom stereocenters. The molecule has 66 heteroatoms. The predicted molar refractivity (Wildman–Crippen MR) is 357 cm³/mol. The van der Waals surface area contributed by atoms with E-state index in [1.807, 2.05) is 0 Å². The Bertz CT molecular complexity index is 5540. The van der Waals surface area contributed by atoms with Crippen molar-refractivity contribution < 1.29 is 374 Å². The van der Waals surface area contributed by atoms with Crippen molar-refractivity contribution in [1.29, 1.82) is 0 Å². The average molecular weight is 1910 g/mol. The molecule has 7 N–H and O–H groups in total. The largest absolute Gasteiger partial charge is 1.00 e. The third kappa shape index (κ3) is 36.4. The van der Waals surface area contributed by atoms with Crippen LogP contribution in [0.4, 0.5) is 62.6 Å². The minimum atomic E-state index is -5.42. The van der Waals surface area contributed by atoms with Gasteiger partial charge in [-0.2, -0.15) is 9.45 Å². The van der Waals surface area contributed by atoms with Gasteiger partial charge in [-0.3, -0.25) is 28.5 Å². The van der Waals surface area contributed by atoms with E-state index in [4.69, 9.17) is 30.9 Å². The van der Waals surface area contributed by atoms with Gasteiger partial charge in [0.2, 0.25) is 20.8 Å². The molecule has 7 rings (SSSR count). The number of anilines is 3. The van der Waals surface area contributed by atoms with E-state index >= 15 is 0 Å². The number of sulfone groups is 4. The van der Waals surface area contributed by atoms with Crippen LogP contribution in [0.1, 0.15) is 0 Å². The van der Waals surface area contributed by atoms with Gasteiger partial charge >= 0.3 is 207 Å². The Balaban J connectivity index is 0. The summed E-state index contributed by atoms with van der Waals surface area (Å²) in [5, 5.41) is 95.7. The minimum Gasteiger partial charge on any atom is -0.744 e. The molecule has 116 heavy (non-hydrogen) atoms. The van der Waals surface area contributed by atoms with Gasteiger partial charge in [-0.25, -0.2) is 67.3 Å². The quantitative estimate of drug-likeness (QED) is 0.00319. The zero-order valence-electron chi connectivity index (χ0n) is 60.9. The number of azo groups is 4. The number of phenolic OH excluding ortho intramolecular Hbond substituents is 1. The van der Waals surface area contributed by atoms with Crippen LogP contribution in [-0.2, 0) is 138 Å². The van der Waals surface area contributed by atoms with Crippen molar-refractivity contribution in [2.45, 2.75) is 29.4 Å². The number of hydrogen-bond donors (Lipinski definition) is 4. The SMILES string of the molecule is COc1ccc(S(=O)(=O)CCS(=O)OO[O-])cc1N=Nc1c(SOO[O-])cc2cc(S(=O)(=O)[O-])c(N=Nc3ccc(S(=O)(=O)CCOS(=O)(=O)[O-])cc3)c(N)c2c1O.COc1ccc(S(=O)(=O)CCS(=O)OO[O-])cc1N=Nc1cc(N=Nc2ccc(S(=O)(=O)CCOS(=O)(=O)[O-])cc2OSOO[O-])c(N)cc1N.[Na+].[Na+].[Na+].[Na+].[Na+].[Na+].[Na+]. The summed E-state index contributed by atoms with van der Waals surface area (Å²) in [6.07, 6.45) is 0. The van der Waals surface area contributed by atoms with Gasteiger partial charge < -0.3 is 70.7 Å². The molecule has 7 aromatic carbocycles. The van der Waals surface area contributed by atoms with E-state index in [1.54, 1.807) is 0 Å². The first kappa shape index (κ1) is 117. The van der Waals surface area contributed by atoms with Crippen LogP contribution >= 0.6 is 24.4 Å². The molecule has 0 aliphatic heterocycles. The Labute approximate surface area is 826 Å². The molecular formula is C50H46N11Na7O37S11. The fourth-order valence-corrected chi connectivity index (χ4v) is 17.3. The van der Waals surface area contributed by atoms with Crippen LogP contribution in [0.25, 0.3) is 10.8 Å². The standard InChI is InChI=1S/C27H27N5O20S6.C23H26N6O17S5.7Na/c1-47-20-7-6-18(56(39,40)11-9-54(36)52-50-35)14-19(20)30-31-25-21(53-51-49-34)12-15-13-22(57(41,42)43)26(24(28)23(15)27(25)33)32-29-16-2-4-17(5-3-16)55(37,38)10-8-48-58(44,45)46;1-40-22-5-3-14(50(35,36)9-7-48(32)46-44-31)10-21(22)29-28-20-13-19(16(24)12-17(20)25)27-26-18-4-2-15(11-23(18)42-47-45-43-30)49(33,34)8-6-41-51(37,38)39;;;;;;;/h2-7,12-14,33-35H,8-11,28H2,1H3,(H,41,42,43)(H,44,45,46);2-5,10-13,30-31H,6-9,24-25H2,1H3,(H,37,38,39);;;;;;;/q;;7*+1/p-7. The molecule has 0 aromatic heterocycles. The van der Waals surface area contributed by atoms with Crippen LogP contribution in [0.5, 0.6) is 23.0 Å². The fraction of sp³-hybridized carbons (Fsp3) is 0.200. The van der Waals surface area contributed by atoms with Gasteiger partial charge in [-0.15, -0.1) is 48.8 Å². The summed E-state index contributed by atoms with van der Waals surface area (Å²) in [6.45, 7) is -1.94. The first-order valence-electron chi connectivity index (χ1n) is 27.9.